The number of aliphatic hydroxyl groups is 1. The fourth-order valence-electron chi connectivity index (χ4n) is 1.82. The summed E-state index contributed by atoms with van der Waals surface area (Å²) in [5.74, 6) is 0.160. The number of hydrogen-bond donors (Lipinski definition) is 3. The summed E-state index contributed by atoms with van der Waals surface area (Å²) in [6.45, 7) is -0.303. The molecule has 0 bridgehead atoms. The monoisotopic (exact) mass is 313 g/mol. The lowest BCUT2D eigenvalue weighted by Crippen LogP contribution is -2.25. The van der Waals surface area contributed by atoms with E-state index in [9.17, 15) is 12.8 Å². The predicted octanol–water partition coefficient (Wildman–Crippen LogP) is 0.952. The predicted molar refractivity (Wildman–Crippen MR) is 74.4 cm³/mol. The summed E-state index contributed by atoms with van der Waals surface area (Å²) in [6.07, 6.45) is 4.55. The lowest BCUT2D eigenvalue weighted by molar-refractivity contribution is 0.275. The van der Waals surface area contributed by atoms with E-state index in [4.69, 9.17) is 5.11 Å². The molecule has 1 aromatic carbocycles. The lowest BCUT2D eigenvalue weighted by atomic mass is 10.2. The molecule has 0 spiro atoms. The fraction of sp³-hybridized carbons (Fsp3) is 0.308. The number of sulfonamides is 1. The molecular formula is C13H16FN3O3S. The molecule has 0 saturated heterocycles. The first kappa shape index (κ1) is 15.6. The summed E-state index contributed by atoms with van der Waals surface area (Å²) in [5, 5.41) is 8.96. The molecule has 0 unspecified atom stereocenters. The van der Waals surface area contributed by atoms with Gasteiger partial charge in [0, 0.05) is 30.9 Å². The quantitative estimate of drug-likeness (QED) is 0.663. The zero-order valence-corrected chi connectivity index (χ0v) is 12.0. The zero-order valence-electron chi connectivity index (χ0n) is 11.2. The summed E-state index contributed by atoms with van der Waals surface area (Å²) in [6, 6.07) is 3.33. The molecule has 114 valence electrons. The Morgan fingerprint density at radius 2 is 2.19 bits per heavy atom. The van der Waals surface area contributed by atoms with E-state index in [1.54, 1.807) is 12.4 Å². The van der Waals surface area contributed by atoms with Crippen LogP contribution < -0.4 is 4.72 Å². The first-order valence-corrected chi connectivity index (χ1v) is 7.88. The number of halogens is 1. The van der Waals surface area contributed by atoms with E-state index in [-0.39, 0.29) is 17.0 Å². The first-order chi connectivity index (χ1) is 10.0. The maximum atomic E-state index is 13.2. The van der Waals surface area contributed by atoms with Crippen LogP contribution in [0.4, 0.5) is 4.39 Å². The number of nitrogens with zero attached hydrogens (tertiary/aromatic N) is 1. The van der Waals surface area contributed by atoms with Gasteiger partial charge in [0.1, 0.15) is 11.6 Å². The third-order valence-corrected chi connectivity index (χ3v) is 4.39. The fourth-order valence-corrected chi connectivity index (χ4v) is 2.94. The number of benzene rings is 1. The summed E-state index contributed by atoms with van der Waals surface area (Å²) in [7, 11) is -3.71. The molecule has 0 saturated carbocycles. The van der Waals surface area contributed by atoms with Crippen molar-refractivity contribution in [1.82, 2.24) is 14.7 Å². The molecule has 21 heavy (non-hydrogen) atoms. The van der Waals surface area contributed by atoms with Crippen molar-refractivity contribution in [1.29, 1.82) is 0 Å². The van der Waals surface area contributed by atoms with Crippen molar-refractivity contribution in [2.75, 3.05) is 6.54 Å². The average Bonchev–Trinajstić information content (AvgIpc) is 2.97. The maximum Gasteiger partial charge on any atom is 0.240 e. The second kappa shape index (κ2) is 6.79. The van der Waals surface area contributed by atoms with Gasteiger partial charge in [-0.15, -0.1) is 0 Å². The van der Waals surface area contributed by atoms with Crippen LogP contribution >= 0.6 is 0 Å². The van der Waals surface area contributed by atoms with Crippen LogP contribution in [0.2, 0.25) is 0 Å². The molecule has 6 nitrogen and oxygen atoms in total. The largest absolute Gasteiger partial charge is 0.392 e. The molecule has 3 N–H and O–H groups in total. The van der Waals surface area contributed by atoms with Crippen LogP contribution in [0.1, 0.15) is 17.8 Å². The van der Waals surface area contributed by atoms with Gasteiger partial charge in [0.05, 0.1) is 11.5 Å². The van der Waals surface area contributed by atoms with Gasteiger partial charge in [-0.2, -0.15) is 0 Å². The van der Waals surface area contributed by atoms with E-state index in [2.05, 4.69) is 14.7 Å². The smallest absolute Gasteiger partial charge is 0.240 e. The Labute approximate surface area is 122 Å². The Morgan fingerprint density at radius 1 is 1.38 bits per heavy atom. The van der Waals surface area contributed by atoms with Crippen LogP contribution in [0.25, 0.3) is 0 Å². The van der Waals surface area contributed by atoms with Crippen LogP contribution in [-0.4, -0.2) is 30.0 Å². The average molecular weight is 313 g/mol. The molecule has 8 heteroatoms. The molecule has 2 rings (SSSR count). The molecule has 2 aromatic rings. The molecule has 0 atom stereocenters. The highest BCUT2D eigenvalue weighted by atomic mass is 32.2. The van der Waals surface area contributed by atoms with Crippen molar-refractivity contribution in [3.05, 3.63) is 47.8 Å². The van der Waals surface area contributed by atoms with Crippen molar-refractivity contribution >= 4 is 10.0 Å². The van der Waals surface area contributed by atoms with Crippen molar-refractivity contribution in [2.45, 2.75) is 24.3 Å². The second-order valence-corrected chi connectivity index (χ2v) is 6.22. The van der Waals surface area contributed by atoms with Crippen molar-refractivity contribution in [3.63, 3.8) is 0 Å². The Bertz CT molecular complexity index is 687. The molecule has 1 heterocycles. The highest BCUT2D eigenvalue weighted by molar-refractivity contribution is 7.89. The highest BCUT2D eigenvalue weighted by Gasteiger charge is 2.15. The Hall–Kier alpha value is -1.77. The summed E-state index contributed by atoms with van der Waals surface area (Å²) in [4.78, 5) is 6.90. The molecule has 0 amide bonds. The number of aryl methyl sites for hydroxylation is 1. The highest BCUT2D eigenvalue weighted by Crippen LogP contribution is 2.15. The van der Waals surface area contributed by atoms with Gasteiger partial charge in [-0.1, -0.05) is 0 Å². The van der Waals surface area contributed by atoms with Gasteiger partial charge in [0.15, 0.2) is 0 Å². The number of H-pyrrole nitrogens is 1. The first-order valence-electron chi connectivity index (χ1n) is 6.40. The van der Waals surface area contributed by atoms with E-state index in [1.165, 1.54) is 6.07 Å². The van der Waals surface area contributed by atoms with E-state index in [1.807, 2.05) is 0 Å². The third-order valence-electron chi connectivity index (χ3n) is 2.94. The molecule has 0 aliphatic carbocycles. The lowest BCUT2D eigenvalue weighted by Gasteiger charge is -2.08. The topological polar surface area (TPSA) is 95.1 Å². The van der Waals surface area contributed by atoms with Gasteiger partial charge in [0.2, 0.25) is 10.0 Å². The van der Waals surface area contributed by atoms with Crippen LogP contribution in [0, 0.1) is 5.82 Å². The zero-order chi connectivity index (χ0) is 15.3. The van der Waals surface area contributed by atoms with Gasteiger partial charge < -0.3 is 10.1 Å². The number of imidazole rings is 1. The Morgan fingerprint density at radius 3 is 2.86 bits per heavy atom. The van der Waals surface area contributed by atoms with E-state index in [0.29, 0.717) is 12.8 Å². The van der Waals surface area contributed by atoms with E-state index in [0.717, 1.165) is 18.0 Å². The van der Waals surface area contributed by atoms with E-state index >= 15 is 0 Å². The van der Waals surface area contributed by atoms with Gasteiger partial charge in [-0.3, -0.25) is 0 Å². The van der Waals surface area contributed by atoms with Gasteiger partial charge in [-0.05, 0) is 24.6 Å². The molecule has 0 aliphatic rings. The third kappa shape index (κ3) is 4.10. The van der Waals surface area contributed by atoms with Crippen LogP contribution in [0.3, 0.4) is 0 Å². The Balaban J connectivity index is 1.95. The molecule has 0 fully saturated rings. The Kier molecular flexibility index (Phi) is 5.05. The van der Waals surface area contributed by atoms with Crippen molar-refractivity contribution in [3.8, 4) is 0 Å². The molecule has 1 aromatic heterocycles. The number of aromatic nitrogens is 2. The minimum atomic E-state index is -3.71. The second-order valence-electron chi connectivity index (χ2n) is 4.45. The number of aliphatic hydroxyl groups excluding tert-OH is 1. The molecule has 0 radical (unpaired) electrons. The standard InChI is InChI=1S/C13H16FN3O3S/c14-12-4-3-11(8-10(12)9-18)21(19,20)17-5-1-2-13-15-6-7-16-13/h3-4,6-8,17-18H,1-2,5,9H2,(H,15,16). The minimum absolute atomic E-state index is 0.0477. The number of hydrogen-bond acceptors (Lipinski definition) is 4. The molecule has 0 aliphatic heterocycles. The van der Waals surface area contributed by atoms with Gasteiger partial charge in [0.25, 0.3) is 0 Å². The summed E-state index contributed by atoms with van der Waals surface area (Å²) < 4.78 is 39.7. The van der Waals surface area contributed by atoms with Crippen molar-refractivity contribution in [2.24, 2.45) is 0 Å². The van der Waals surface area contributed by atoms with Gasteiger partial charge >= 0.3 is 0 Å². The summed E-state index contributed by atoms with van der Waals surface area (Å²) in [5.41, 5.74) is -0.0477. The minimum Gasteiger partial charge on any atom is -0.392 e. The SMILES string of the molecule is O=S(=O)(NCCCc1ncc[nH]1)c1ccc(F)c(CO)c1. The number of rotatable bonds is 7. The molecular weight excluding hydrogens is 297 g/mol. The number of nitrogens with one attached hydrogen (secondary N) is 2. The van der Waals surface area contributed by atoms with Crippen LogP contribution in [0.15, 0.2) is 35.5 Å². The summed E-state index contributed by atoms with van der Waals surface area (Å²) >= 11 is 0. The number of aromatic amines is 1. The van der Waals surface area contributed by atoms with Crippen molar-refractivity contribution < 1.29 is 17.9 Å². The maximum absolute atomic E-state index is 13.2. The van der Waals surface area contributed by atoms with Crippen LogP contribution in [0.5, 0.6) is 0 Å². The normalized spacial score (nSPS) is 11.7. The van der Waals surface area contributed by atoms with Crippen LogP contribution in [-0.2, 0) is 23.1 Å². The van der Waals surface area contributed by atoms with Gasteiger partial charge in [-0.25, -0.2) is 22.5 Å². The van der Waals surface area contributed by atoms with E-state index < -0.39 is 22.4 Å².